The maximum Gasteiger partial charge on any atom is 0.226 e. The Morgan fingerprint density at radius 3 is 3.04 bits per heavy atom. The van der Waals surface area contributed by atoms with Crippen LogP contribution in [-0.2, 0) is 11.2 Å². The minimum absolute atomic E-state index is 0.0211. The van der Waals surface area contributed by atoms with Gasteiger partial charge in [-0.2, -0.15) is 0 Å². The first-order valence-corrected chi connectivity index (χ1v) is 9.56. The minimum Gasteiger partial charge on any atom is -0.353 e. The van der Waals surface area contributed by atoms with E-state index < -0.39 is 0 Å². The first kappa shape index (κ1) is 17.7. The number of rotatable bonds is 4. The molecule has 0 spiro atoms. The quantitative estimate of drug-likeness (QED) is 0.844. The Hall–Kier alpha value is -1.14. The van der Waals surface area contributed by atoms with Crippen molar-refractivity contribution >= 4 is 40.4 Å². The third-order valence-corrected chi connectivity index (χ3v) is 5.66. The van der Waals surface area contributed by atoms with Gasteiger partial charge in [-0.15, -0.1) is 11.3 Å². The van der Waals surface area contributed by atoms with Crippen molar-refractivity contribution in [3.63, 3.8) is 0 Å². The van der Waals surface area contributed by atoms with Crippen LogP contribution in [0.4, 0.5) is 0 Å². The van der Waals surface area contributed by atoms with Crippen molar-refractivity contribution in [2.45, 2.75) is 25.8 Å². The van der Waals surface area contributed by atoms with E-state index in [4.69, 9.17) is 23.2 Å². The molecule has 0 aliphatic carbocycles. The minimum atomic E-state index is 0.0211. The topological polar surface area (TPSA) is 54.0 Å². The summed E-state index contributed by atoms with van der Waals surface area (Å²) in [5, 5.41) is 10.3. The molecule has 1 aliphatic rings. The molecule has 0 bridgehead atoms. The normalized spacial score (nSPS) is 20.8. The van der Waals surface area contributed by atoms with Crippen LogP contribution in [0.15, 0.2) is 23.6 Å². The Bertz CT molecular complexity index is 734. The molecule has 2 N–H and O–H groups in total. The van der Waals surface area contributed by atoms with Gasteiger partial charge in [-0.3, -0.25) is 4.79 Å². The zero-order chi connectivity index (χ0) is 17.1. The molecule has 2 aromatic rings. The maximum atomic E-state index is 12.3. The van der Waals surface area contributed by atoms with Gasteiger partial charge in [0.05, 0.1) is 17.1 Å². The standard InChI is InChI=1S/C17H19Cl2N3OS/c1-10-8-20-5-4-15(10)22-16(23)7-12-9-24-17(21-12)13-3-2-11(18)6-14(13)19/h2-3,6,9-10,15,20H,4-5,7-8H2,1H3,(H,22,23). The number of nitrogens with zero attached hydrogens (tertiary/aromatic N) is 1. The van der Waals surface area contributed by atoms with E-state index in [1.807, 2.05) is 11.4 Å². The summed E-state index contributed by atoms with van der Waals surface area (Å²) in [4.78, 5) is 16.8. The Kier molecular flexibility index (Phi) is 5.76. The summed E-state index contributed by atoms with van der Waals surface area (Å²) in [6.45, 7) is 4.05. The van der Waals surface area contributed by atoms with Gasteiger partial charge < -0.3 is 10.6 Å². The van der Waals surface area contributed by atoms with Gasteiger partial charge in [-0.05, 0) is 43.6 Å². The Morgan fingerprint density at radius 2 is 2.29 bits per heavy atom. The molecule has 1 aliphatic heterocycles. The highest BCUT2D eigenvalue weighted by Gasteiger charge is 2.23. The molecule has 1 aromatic heterocycles. The van der Waals surface area contributed by atoms with E-state index in [1.165, 1.54) is 11.3 Å². The van der Waals surface area contributed by atoms with Crippen LogP contribution in [0.5, 0.6) is 0 Å². The third-order valence-electron chi connectivity index (χ3n) is 4.19. The highest BCUT2D eigenvalue weighted by Crippen LogP contribution is 2.32. The summed E-state index contributed by atoms with van der Waals surface area (Å²) < 4.78 is 0. The number of carbonyl (C=O) groups excluding carboxylic acids is 1. The predicted molar refractivity (Wildman–Crippen MR) is 99.9 cm³/mol. The van der Waals surface area contributed by atoms with Crippen LogP contribution in [0.2, 0.25) is 10.0 Å². The Morgan fingerprint density at radius 1 is 1.46 bits per heavy atom. The van der Waals surface area contributed by atoms with E-state index in [0.717, 1.165) is 35.8 Å². The number of halogens is 2. The molecule has 1 aromatic carbocycles. The Labute approximate surface area is 155 Å². The van der Waals surface area contributed by atoms with E-state index in [9.17, 15) is 4.79 Å². The molecule has 0 saturated carbocycles. The maximum absolute atomic E-state index is 12.3. The molecule has 2 heterocycles. The zero-order valence-electron chi connectivity index (χ0n) is 13.3. The largest absolute Gasteiger partial charge is 0.353 e. The second-order valence-corrected chi connectivity index (χ2v) is 7.79. The molecule has 0 radical (unpaired) electrons. The number of thiazole rings is 1. The van der Waals surface area contributed by atoms with Gasteiger partial charge in [0.2, 0.25) is 5.91 Å². The van der Waals surface area contributed by atoms with Gasteiger partial charge in [0, 0.05) is 22.0 Å². The van der Waals surface area contributed by atoms with Crippen LogP contribution in [0.1, 0.15) is 19.0 Å². The van der Waals surface area contributed by atoms with Crippen molar-refractivity contribution in [2.75, 3.05) is 13.1 Å². The second kappa shape index (κ2) is 7.83. The molecule has 2 unspecified atom stereocenters. The van der Waals surface area contributed by atoms with Crippen LogP contribution in [0.25, 0.3) is 10.6 Å². The van der Waals surface area contributed by atoms with E-state index in [1.54, 1.807) is 12.1 Å². The average molecular weight is 384 g/mol. The summed E-state index contributed by atoms with van der Waals surface area (Å²) >= 11 is 13.6. The smallest absolute Gasteiger partial charge is 0.226 e. The highest BCUT2D eigenvalue weighted by molar-refractivity contribution is 7.13. The van der Waals surface area contributed by atoms with Crippen molar-refractivity contribution < 1.29 is 4.79 Å². The van der Waals surface area contributed by atoms with Crippen molar-refractivity contribution in [2.24, 2.45) is 5.92 Å². The number of nitrogens with one attached hydrogen (secondary N) is 2. The number of carbonyl (C=O) groups is 1. The van der Waals surface area contributed by atoms with E-state index in [-0.39, 0.29) is 11.9 Å². The molecule has 3 rings (SSSR count). The molecule has 128 valence electrons. The summed E-state index contributed by atoms with van der Waals surface area (Å²) in [6.07, 6.45) is 1.26. The number of hydrogen-bond donors (Lipinski definition) is 2. The zero-order valence-corrected chi connectivity index (χ0v) is 15.6. The van der Waals surface area contributed by atoms with Crippen molar-refractivity contribution in [3.05, 3.63) is 39.3 Å². The van der Waals surface area contributed by atoms with E-state index >= 15 is 0 Å². The SMILES string of the molecule is CC1CNCCC1NC(=O)Cc1csc(-c2ccc(Cl)cc2Cl)n1. The molecule has 4 nitrogen and oxygen atoms in total. The first-order chi connectivity index (χ1) is 11.5. The number of amides is 1. The van der Waals surface area contributed by atoms with Crippen LogP contribution >= 0.6 is 34.5 Å². The lowest BCUT2D eigenvalue weighted by Crippen LogP contribution is -2.48. The second-order valence-electron chi connectivity index (χ2n) is 6.09. The van der Waals surface area contributed by atoms with Gasteiger partial charge in [0.1, 0.15) is 5.01 Å². The van der Waals surface area contributed by atoms with Crippen molar-refractivity contribution in [1.29, 1.82) is 0 Å². The summed E-state index contributed by atoms with van der Waals surface area (Å²) in [5.41, 5.74) is 1.60. The molecule has 7 heteroatoms. The number of hydrogen-bond acceptors (Lipinski definition) is 4. The molecular weight excluding hydrogens is 365 g/mol. The average Bonchev–Trinajstić information content (AvgIpc) is 2.97. The fraction of sp³-hybridized carbons (Fsp3) is 0.412. The highest BCUT2D eigenvalue weighted by atomic mass is 35.5. The lowest BCUT2D eigenvalue weighted by Gasteiger charge is -2.30. The molecule has 2 atom stereocenters. The number of aromatic nitrogens is 1. The molecule has 24 heavy (non-hydrogen) atoms. The summed E-state index contributed by atoms with van der Waals surface area (Å²) in [7, 11) is 0. The number of piperidine rings is 1. The fourth-order valence-electron chi connectivity index (χ4n) is 2.83. The van der Waals surface area contributed by atoms with Gasteiger partial charge in [-0.1, -0.05) is 30.1 Å². The fourth-order valence-corrected chi connectivity index (χ4v) is 4.24. The first-order valence-electron chi connectivity index (χ1n) is 7.93. The van der Waals surface area contributed by atoms with E-state index in [2.05, 4.69) is 22.5 Å². The number of benzene rings is 1. The third kappa shape index (κ3) is 4.28. The summed E-state index contributed by atoms with van der Waals surface area (Å²) in [6, 6.07) is 5.58. The molecule has 1 fully saturated rings. The molecule has 1 saturated heterocycles. The van der Waals surface area contributed by atoms with Gasteiger partial charge >= 0.3 is 0 Å². The monoisotopic (exact) mass is 383 g/mol. The van der Waals surface area contributed by atoms with Crippen LogP contribution < -0.4 is 10.6 Å². The van der Waals surface area contributed by atoms with Gasteiger partial charge in [0.15, 0.2) is 0 Å². The van der Waals surface area contributed by atoms with Crippen LogP contribution in [0.3, 0.4) is 0 Å². The van der Waals surface area contributed by atoms with Crippen LogP contribution in [0, 0.1) is 5.92 Å². The van der Waals surface area contributed by atoms with Gasteiger partial charge in [-0.25, -0.2) is 4.98 Å². The van der Waals surface area contributed by atoms with Crippen LogP contribution in [-0.4, -0.2) is 30.0 Å². The van der Waals surface area contributed by atoms with Gasteiger partial charge in [0.25, 0.3) is 0 Å². The predicted octanol–water partition coefficient (Wildman–Crippen LogP) is 3.77. The lowest BCUT2D eigenvalue weighted by molar-refractivity contribution is -0.121. The van der Waals surface area contributed by atoms with E-state index in [0.29, 0.717) is 22.4 Å². The van der Waals surface area contributed by atoms with Crippen molar-refractivity contribution in [1.82, 2.24) is 15.6 Å². The summed E-state index contributed by atoms with van der Waals surface area (Å²) in [5.74, 6) is 0.467. The molecule has 1 amide bonds. The lowest BCUT2D eigenvalue weighted by atomic mass is 9.95. The van der Waals surface area contributed by atoms with Crippen molar-refractivity contribution in [3.8, 4) is 10.6 Å². The molecular formula is C17H19Cl2N3OS. The Balaban J connectivity index is 1.64.